The number of ether oxygens (including phenoxy) is 1. The van der Waals surface area contributed by atoms with E-state index >= 15 is 0 Å². The van der Waals surface area contributed by atoms with E-state index in [1.54, 1.807) is 0 Å². The van der Waals surface area contributed by atoms with Crippen LogP contribution >= 0.6 is 0 Å². The lowest BCUT2D eigenvalue weighted by atomic mass is 10.0. The van der Waals surface area contributed by atoms with Gasteiger partial charge in [-0.2, -0.15) is 0 Å². The molecule has 3 nitrogen and oxygen atoms in total. The van der Waals surface area contributed by atoms with Crippen LogP contribution in [0, 0.1) is 0 Å². The Hall–Kier alpha value is -0.860. The number of esters is 2. The number of cyclic esters (lactones) is 2. The van der Waals surface area contributed by atoms with Crippen LogP contribution in [-0.2, 0) is 14.3 Å². The van der Waals surface area contributed by atoms with Gasteiger partial charge in [-0.3, -0.25) is 9.59 Å². The molecule has 0 atom stereocenters. The number of carbonyl (C=O) groups excluding carboxylic acids is 2. The van der Waals surface area contributed by atoms with Crippen LogP contribution in [0.3, 0.4) is 0 Å². The van der Waals surface area contributed by atoms with Gasteiger partial charge in [-0.1, -0.05) is 57.8 Å². The first-order chi connectivity index (χ1) is 8.79. The third-order valence-electron chi connectivity index (χ3n) is 3.49. The Morgan fingerprint density at radius 1 is 0.500 bits per heavy atom. The summed E-state index contributed by atoms with van der Waals surface area (Å²) in [6.07, 6.45) is 13.6. The number of hydrogen-bond acceptors (Lipinski definition) is 3. The molecule has 0 N–H and O–H groups in total. The van der Waals surface area contributed by atoms with Gasteiger partial charge >= 0.3 is 11.9 Å². The molecule has 18 heavy (non-hydrogen) atoms. The van der Waals surface area contributed by atoms with Crippen molar-refractivity contribution in [1.29, 1.82) is 0 Å². The number of rotatable bonds is 0. The van der Waals surface area contributed by atoms with Crippen molar-refractivity contribution in [2.24, 2.45) is 0 Å². The Kier molecular flexibility index (Phi) is 8.53. The summed E-state index contributed by atoms with van der Waals surface area (Å²) in [4.78, 5) is 22.7. The van der Waals surface area contributed by atoms with Crippen LogP contribution in [0.15, 0.2) is 0 Å². The standard InChI is InChI=1S/C15H26O3/c16-14-12-10-8-6-4-2-1-3-5-7-9-11-13-15(17)18-14/h1-13H2. The molecule has 0 saturated carbocycles. The molecule has 0 bridgehead atoms. The molecule has 1 fully saturated rings. The highest BCUT2D eigenvalue weighted by Gasteiger charge is 2.09. The van der Waals surface area contributed by atoms with E-state index in [1.165, 1.54) is 44.9 Å². The molecule has 0 amide bonds. The Morgan fingerprint density at radius 2 is 0.778 bits per heavy atom. The van der Waals surface area contributed by atoms with Crippen molar-refractivity contribution in [2.45, 2.75) is 83.5 Å². The minimum atomic E-state index is -0.341. The lowest BCUT2D eigenvalue weighted by Crippen LogP contribution is -2.11. The zero-order valence-corrected chi connectivity index (χ0v) is 11.4. The fraction of sp³-hybridized carbons (Fsp3) is 0.867. The quantitative estimate of drug-likeness (QED) is 0.482. The summed E-state index contributed by atoms with van der Waals surface area (Å²) in [6.45, 7) is 0. The maximum absolute atomic E-state index is 11.3. The van der Waals surface area contributed by atoms with Crippen LogP contribution in [0.5, 0.6) is 0 Å². The second kappa shape index (κ2) is 10.1. The molecule has 0 unspecified atom stereocenters. The van der Waals surface area contributed by atoms with Crippen LogP contribution in [0.1, 0.15) is 83.5 Å². The van der Waals surface area contributed by atoms with E-state index in [2.05, 4.69) is 0 Å². The van der Waals surface area contributed by atoms with E-state index in [4.69, 9.17) is 4.74 Å². The Labute approximate surface area is 110 Å². The molecule has 1 heterocycles. The second-order valence-corrected chi connectivity index (χ2v) is 5.24. The van der Waals surface area contributed by atoms with Crippen molar-refractivity contribution in [2.75, 3.05) is 0 Å². The highest BCUT2D eigenvalue weighted by molar-refractivity contribution is 5.85. The Bertz CT molecular complexity index is 224. The Morgan fingerprint density at radius 3 is 1.11 bits per heavy atom. The first kappa shape index (κ1) is 15.2. The minimum absolute atomic E-state index is 0.341. The van der Waals surface area contributed by atoms with Crippen molar-refractivity contribution >= 4 is 11.9 Å². The molecule has 1 aliphatic rings. The first-order valence-electron chi connectivity index (χ1n) is 7.52. The smallest absolute Gasteiger partial charge is 0.313 e. The monoisotopic (exact) mass is 254 g/mol. The number of hydrogen-bond donors (Lipinski definition) is 0. The molecule has 0 spiro atoms. The zero-order valence-electron chi connectivity index (χ0n) is 11.4. The van der Waals surface area contributed by atoms with Gasteiger partial charge in [-0.25, -0.2) is 0 Å². The van der Waals surface area contributed by atoms with E-state index in [9.17, 15) is 9.59 Å². The lowest BCUT2D eigenvalue weighted by molar-refractivity contribution is -0.159. The molecule has 104 valence electrons. The van der Waals surface area contributed by atoms with Crippen LogP contribution in [0.4, 0.5) is 0 Å². The van der Waals surface area contributed by atoms with Gasteiger partial charge < -0.3 is 4.74 Å². The summed E-state index contributed by atoms with van der Waals surface area (Å²) in [5, 5.41) is 0. The third kappa shape index (κ3) is 8.26. The van der Waals surface area contributed by atoms with E-state index in [-0.39, 0.29) is 11.9 Å². The van der Waals surface area contributed by atoms with Crippen molar-refractivity contribution in [3.8, 4) is 0 Å². The van der Waals surface area contributed by atoms with Gasteiger partial charge in [0.1, 0.15) is 0 Å². The summed E-state index contributed by atoms with van der Waals surface area (Å²) in [6, 6.07) is 0. The van der Waals surface area contributed by atoms with Crippen molar-refractivity contribution in [1.82, 2.24) is 0 Å². The summed E-state index contributed by atoms with van der Waals surface area (Å²) < 4.78 is 4.77. The average molecular weight is 254 g/mol. The van der Waals surface area contributed by atoms with Crippen LogP contribution in [-0.4, -0.2) is 11.9 Å². The molecule has 0 aromatic rings. The van der Waals surface area contributed by atoms with Gasteiger partial charge in [-0.15, -0.1) is 0 Å². The van der Waals surface area contributed by atoms with Crippen molar-refractivity contribution in [3.63, 3.8) is 0 Å². The molecule has 0 aromatic carbocycles. The van der Waals surface area contributed by atoms with Crippen LogP contribution in [0.25, 0.3) is 0 Å². The first-order valence-corrected chi connectivity index (χ1v) is 7.52. The van der Waals surface area contributed by atoms with E-state index in [0.717, 1.165) is 25.7 Å². The SMILES string of the molecule is O=C1CCCCCCCCCCCCCC(=O)O1. The predicted molar refractivity (Wildman–Crippen MR) is 71.1 cm³/mol. The molecular formula is C15H26O3. The van der Waals surface area contributed by atoms with E-state index in [0.29, 0.717) is 12.8 Å². The Balaban J connectivity index is 2.23. The molecule has 0 aliphatic carbocycles. The fourth-order valence-electron chi connectivity index (χ4n) is 2.36. The zero-order chi connectivity index (χ0) is 13.1. The topological polar surface area (TPSA) is 43.4 Å². The van der Waals surface area contributed by atoms with Gasteiger partial charge in [0.05, 0.1) is 0 Å². The summed E-state index contributed by atoms with van der Waals surface area (Å²) in [7, 11) is 0. The molecule has 0 radical (unpaired) electrons. The summed E-state index contributed by atoms with van der Waals surface area (Å²) >= 11 is 0. The highest BCUT2D eigenvalue weighted by atomic mass is 16.6. The third-order valence-corrected chi connectivity index (χ3v) is 3.49. The molecule has 3 heteroatoms. The average Bonchev–Trinajstić information content (AvgIpc) is 2.33. The normalized spacial score (nSPS) is 22.4. The summed E-state index contributed by atoms with van der Waals surface area (Å²) in [5.74, 6) is -0.681. The second-order valence-electron chi connectivity index (χ2n) is 5.24. The largest absolute Gasteiger partial charge is 0.393 e. The predicted octanol–water partition coefficient (Wildman–Crippen LogP) is 4.14. The van der Waals surface area contributed by atoms with Gasteiger partial charge in [0.2, 0.25) is 0 Å². The fourth-order valence-corrected chi connectivity index (χ4v) is 2.36. The number of carbonyl (C=O) groups is 2. The molecule has 1 rings (SSSR count). The van der Waals surface area contributed by atoms with E-state index < -0.39 is 0 Å². The van der Waals surface area contributed by atoms with Gasteiger partial charge in [0, 0.05) is 12.8 Å². The van der Waals surface area contributed by atoms with Gasteiger partial charge in [-0.05, 0) is 12.8 Å². The highest BCUT2D eigenvalue weighted by Crippen LogP contribution is 2.13. The van der Waals surface area contributed by atoms with E-state index in [1.807, 2.05) is 0 Å². The molecule has 1 saturated heterocycles. The molecular weight excluding hydrogens is 228 g/mol. The van der Waals surface area contributed by atoms with Gasteiger partial charge in [0.25, 0.3) is 0 Å². The lowest BCUT2D eigenvalue weighted by Gasteiger charge is -2.05. The van der Waals surface area contributed by atoms with Crippen molar-refractivity contribution in [3.05, 3.63) is 0 Å². The summed E-state index contributed by atoms with van der Waals surface area (Å²) in [5.41, 5.74) is 0. The van der Waals surface area contributed by atoms with Crippen LogP contribution in [0.2, 0.25) is 0 Å². The molecule has 1 aliphatic heterocycles. The molecule has 0 aromatic heterocycles. The maximum atomic E-state index is 11.3. The van der Waals surface area contributed by atoms with Gasteiger partial charge in [0.15, 0.2) is 0 Å². The van der Waals surface area contributed by atoms with Crippen molar-refractivity contribution < 1.29 is 14.3 Å². The maximum Gasteiger partial charge on any atom is 0.313 e. The van der Waals surface area contributed by atoms with Crippen LogP contribution < -0.4 is 0 Å². The minimum Gasteiger partial charge on any atom is -0.393 e.